The lowest BCUT2D eigenvalue weighted by Crippen LogP contribution is -3.15. The average molecular weight is 413 g/mol. The molecule has 0 bridgehead atoms. The molecule has 0 atom stereocenters. The van der Waals surface area contributed by atoms with Gasteiger partial charge in [0, 0.05) is 11.4 Å². The fourth-order valence-corrected chi connectivity index (χ4v) is 4.43. The molecule has 0 radical (unpaired) electrons. The minimum Gasteiger partial charge on any atom is -0.331 e. The molecule has 0 saturated carbocycles. The second kappa shape index (κ2) is 11.0. The molecule has 2 amide bonds. The molecule has 29 heavy (non-hydrogen) atoms. The zero-order valence-electron chi connectivity index (χ0n) is 17.0. The number of hydrogen-bond acceptors (Lipinski definition) is 3. The SMILES string of the molecule is CCc1ccccc1NC(=O)C[NH+]1CCN(C(=O)CSCc2ccccc2)CC1. The number of quaternary nitrogens is 1. The molecule has 3 rings (SSSR count). The lowest BCUT2D eigenvalue weighted by atomic mass is 10.1. The van der Waals surface area contributed by atoms with E-state index in [9.17, 15) is 9.59 Å². The number of rotatable bonds is 8. The third-order valence-electron chi connectivity index (χ3n) is 5.24. The number of benzene rings is 2. The van der Waals surface area contributed by atoms with E-state index in [1.807, 2.05) is 47.4 Å². The first kappa shape index (κ1) is 21.4. The van der Waals surface area contributed by atoms with Crippen molar-refractivity contribution in [3.63, 3.8) is 0 Å². The zero-order valence-corrected chi connectivity index (χ0v) is 17.8. The van der Waals surface area contributed by atoms with Gasteiger partial charge in [0.15, 0.2) is 6.54 Å². The number of piperazine rings is 1. The molecular weight excluding hydrogens is 382 g/mol. The standard InChI is InChI=1S/C23H29N3O2S/c1-2-20-10-6-7-11-21(20)24-22(27)16-25-12-14-26(15-13-25)23(28)18-29-17-19-8-4-3-5-9-19/h3-11H,2,12-18H2,1H3,(H,24,27)/p+1. The summed E-state index contributed by atoms with van der Waals surface area (Å²) in [6.07, 6.45) is 0.895. The van der Waals surface area contributed by atoms with Crippen molar-refractivity contribution in [3.05, 3.63) is 65.7 Å². The van der Waals surface area contributed by atoms with Crippen LogP contribution >= 0.6 is 11.8 Å². The number of nitrogens with one attached hydrogen (secondary N) is 2. The molecule has 1 aliphatic rings. The maximum Gasteiger partial charge on any atom is 0.279 e. The first-order chi connectivity index (χ1) is 14.2. The van der Waals surface area contributed by atoms with Crippen molar-refractivity contribution >= 4 is 29.3 Å². The Bertz CT molecular complexity index is 805. The summed E-state index contributed by atoms with van der Waals surface area (Å²) in [6, 6.07) is 18.2. The number of hydrogen-bond donors (Lipinski definition) is 2. The van der Waals surface area contributed by atoms with Gasteiger partial charge >= 0.3 is 0 Å². The molecule has 2 aromatic rings. The Balaban J connectivity index is 1.37. The maximum absolute atomic E-state index is 12.4. The van der Waals surface area contributed by atoms with Gasteiger partial charge in [0.25, 0.3) is 5.91 Å². The van der Waals surface area contributed by atoms with Crippen molar-refractivity contribution in [2.75, 3.05) is 43.8 Å². The van der Waals surface area contributed by atoms with Crippen molar-refractivity contribution in [3.8, 4) is 0 Å². The van der Waals surface area contributed by atoms with Gasteiger partial charge in [-0.25, -0.2) is 0 Å². The zero-order chi connectivity index (χ0) is 20.5. The second-order valence-corrected chi connectivity index (χ2v) is 8.33. The van der Waals surface area contributed by atoms with E-state index in [-0.39, 0.29) is 11.8 Å². The van der Waals surface area contributed by atoms with Gasteiger partial charge in [-0.1, -0.05) is 55.5 Å². The quantitative estimate of drug-likeness (QED) is 0.696. The fourth-order valence-electron chi connectivity index (χ4n) is 3.54. The van der Waals surface area contributed by atoms with Crippen LogP contribution in [-0.4, -0.2) is 55.2 Å². The number of para-hydroxylation sites is 1. The highest BCUT2D eigenvalue weighted by molar-refractivity contribution is 7.99. The summed E-state index contributed by atoms with van der Waals surface area (Å²) in [5.41, 5.74) is 3.30. The lowest BCUT2D eigenvalue weighted by molar-refractivity contribution is -0.895. The van der Waals surface area contributed by atoms with E-state index in [1.54, 1.807) is 11.8 Å². The van der Waals surface area contributed by atoms with Crippen molar-refractivity contribution in [1.29, 1.82) is 0 Å². The third kappa shape index (κ3) is 6.61. The number of aryl methyl sites for hydroxylation is 1. The summed E-state index contributed by atoms with van der Waals surface area (Å²) in [5.74, 6) is 1.61. The van der Waals surface area contributed by atoms with Gasteiger partial charge in [-0.05, 0) is 23.6 Å². The molecule has 1 heterocycles. The van der Waals surface area contributed by atoms with E-state index in [2.05, 4.69) is 24.4 Å². The first-order valence-electron chi connectivity index (χ1n) is 10.3. The first-order valence-corrected chi connectivity index (χ1v) is 11.4. The van der Waals surface area contributed by atoms with Crippen LogP contribution in [-0.2, 0) is 21.8 Å². The summed E-state index contributed by atoms with van der Waals surface area (Å²) in [5, 5.41) is 3.04. The lowest BCUT2D eigenvalue weighted by Gasteiger charge is -2.32. The van der Waals surface area contributed by atoms with E-state index >= 15 is 0 Å². The minimum atomic E-state index is 0.0408. The molecule has 154 valence electrons. The Labute approximate surface area is 177 Å². The summed E-state index contributed by atoms with van der Waals surface area (Å²) in [6.45, 7) is 5.61. The topological polar surface area (TPSA) is 53.9 Å². The van der Waals surface area contributed by atoms with Crippen molar-refractivity contribution in [2.24, 2.45) is 0 Å². The maximum atomic E-state index is 12.4. The number of anilines is 1. The molecular formula is C23H30N3O2S+. The summed E-state index contributed by atoms with van der Waals surface area (Å²) >= 11 is 1.66. The van der Waals surface area contributed by atoms with E-state index in [0.29, 0.717) is 12.3 Å². The molecule has 0 aliphatic carbocycles. The van der Waals surface area contributed by atoms with Gasteiger partial charge in [-0.15, -0.1) is 11.8 Å². The molecule has 1 fully saturated rings. The van der Waals surface area contributed by atoms with Crippen LogP contribution in [0.5, 0.6) is 0 Å². The molecule has 0 spiro atoms. The monoisotopic (exact) mass is 412 g/mol. The summed E-state index contributed by atoms with van der Waals surface area (Å²) < 4.78 is 0. The average Bonchev–Trinajstić information content (AvgIpc) is 2.75. The minimum absolute atomic E-state index is 0.0408. The van der Waals surface area contributed by atoms with Crippen LogP contribution in [0.25, 0.3) is 0 Å². The largest absolute Gasteiger partial charge is 0.331 e. The van der Waals surface area contributed by atoms with E-state index < -0.39 is 0 Å². The Kier molecular flexibility index (Phi) is 8.14. The van der Waals surface area contributed by atoms with Gasteiger partial charge in [0.1, 0.15) is 0 Å². The molecule has 1 saturated heterocycles. The van der Waals surface area contributed by atoms with Gasteiger partial charge in [0.05, 0.1) is 31.9 Å². The normalized spacial score (nSPS) is 14.6. The van der Waals surface area contributed by atoms with Crippen LogP contribution < -0.4 is 10.2 Å². The van der Waals surface area contributed by atoms with Crippen LogP contribution in [0.3, 0.4) is 0 Å². The Morgan fingerprint density at radius 2 is 1.72 bits per heavy atom. The third-order valence-corrected chi connectivity index (χ3v) is 6.23. The number of nitrogens with zero attached hydrogens (tertiary/aromatic N) is 1. The van der Waals surface area contributed by atoms with Gasteiger partial charge in [-0.2, -0.15) is 0 Å². The highest BCUT2D eigenvalue weighted by Gasteiger charge is 2.25. The second-order valence-electron chi connectivity index (χ2n) is 7.34. The smallest absolute Gasteiger partial charge is 0.279 e. The molecule has 2 aromatic carbocycles. The van der Waals surface area contributed by atoms with E-state index in [0.717, 1.165) is 49.6 Å². The van der Waals surface area contributed by atoms with Gasteiger partial charge in [0.2, 0.25) is 5.91 Å². The van der Waals surface area contributed by atoms with Crippen LogP contribution in [0, 0.1) is 0 Å². The highest BCUT2D eigenvalue weighted by atomic mass is 32.2. The predicted molar refractivity (Wildman–Crippen MR) is 119 cm³/mol. The van der Waals surface area contributed by atoms with Crippen molar-refractivity contribution in [2.45, 2.75) is 19.1 Å². The molecule has 5 nitrogen and oxygen atoms in total. The highest BCUT2D eigenvalue weighted by Crippen LogP contribution is 2.15. The van der Waals surface area contributed by atoms with Crippen molar-refractivity contribution < 1.29 is 14.5 Å². The van der Waals surface area contributed by atoms with Crippen LogP contribution in [0.1, 0.15) is 18.1 Å². The summed E-state index contributed by atoms with van der Waals surface area (Å²) in [4.78, 5) is 28.0. The van der Waals surface area contributed by atoms with Crippen LogP contribution in [0.15, 0.2) is 54.6 Å². The van der Waals surface area contributed by atoms with Crippen LogP contribution in [0.4, 0.5) is 5.69 Å². The molecule has 6 heteroatoms. The molecule has 1 aliphatic heterocycles. The Morgan fingerprint density at radius 1 is 1.03 bits per heavy atom. The Morgan fingerprint density at radius 3 is 2.45 bits per heavy atom. The number of carbonyl (C=O) groups is 2. The molecule has 0 aromatic heterocycles. The van der Waals surface area contributed by atoms with E-state index in [4.69, 9.17) is 0 Å². The van der Waals surface area contributed by atoms with Gasteiger partial charge in [-0.3, -0.25) is 9.59 Å². The molecule has 2 N–H and O–H groups in total. The summed E-state index contributed by atoms with van der Waals surface area (Å²) in [7, 11) is 0. The Hall–Kier alpha value is -2.31. The fraction of sp³-hybridized carbons (Fsp3) is 0.391. The van der Waals surface area contributed by atoms with Crippen LogP contribution in [0.2, 0.25) is 0 Å². The molecule has 0 unspecified atom stereocenters. The number of carbonyl (C=O) groups excluding carboxylic acids is 2. The van der Waals surface area contributed by atoms with E-state index in [1.165, 1.54) is 10.5 Å². The number of amides is 2. The predicted octanol–water partition coefficient (Wildman–Crippen LogP) is 1.85. The van der Waals surface area contributed by atoms with Crippen molar-refractivity contribution in [1.82, 2.24) is 4.90 Å². The van der Waals surface area contributed by atoms with Gasteiger partial charge < -0.3 is 15.1 Å². The number of thioether (sulfide) groups is 1.